The summed E-state index contributed by atoms with van der Waals surface area (Å²) >= 11 is 0. The lowest BCUT2D eigenvalue weighted by molar-refractivity contribution is 0.409. The molecule has 2 heterocycles. The molecular formula is C10H12N4O. The smallest absolute Gasteiger partial charge is 0.226 e. The number of rotatable bonds is 2. The summed E-state index contributed by atoms with van der Waals surface area (Å²) in [6.45, 7) is 0. The summed E-state index contributed by atoms with van der Waals surface area (Å²) in [5, 5.41) is 7.78. The van der Waals surface area contributed by atoms with E-state index >= 15 is 0 Å². The van der Waals surface area contributed by atoms with Gasteiger partial charge in [-0.05, 0) is 18.8 Å². The van der Waals surface area contributed by atoms with Gasteiger partial charge in [-0.15, -0.1) is 10.2 Å². The van der Waals surface area contributed by atoms with Crippen molar-refractivity contribution >= 4 is 11.6 Å². The minimum absolute atomic E-state index is 0.426. The topological polar surface area (TPSA) is 65.4 Å². The Balaban J connectivity index is 2.25. The van der Waals surface area contributed by atoms with Crippen LogP contribution in [-0.2, 0) is 0 Å². The highest BCUT2D eigenvalue weighted by Gasteiger charge is 2.27. The van der Waals surface area contributed by atoms with E-state index in [0.29, 0.717) is 11.9 Å². The van der Waals surface area contributed by atoms with Gasteiger partial charge in [-0.3, -0.25) is 4.40 Å². The predicted octanol–water partition coefficient (Wildman–Crippen LogP) is 1.20. The number of pyridine rings is 1. The van der Waals surface area contributed by atoms with Crippen LogP contribution in [0.15, 0.2) is 12.3 Å². The Morgan fingerprint density at radius 1 is 1.47 bits per heavy atom. The molecule has 2 aromatic rings. The zero-order chi connectivity index (χ0) is 10.4. The highest BCUT2D eigenvalue weighted by molar-refractivity contribution is 5.52. The lowest BCUT2D eigenvalue weighted by Crippen LogP contribution is -1.98. The van der Waals surface area contributed by atoms with Crippen LogP contribution < -0.4 is 10.5 Å². The molecule has 0 radical (unpaired) electrons. The highest BCUT2D eigenvalue weighted by Crippen LogP contribution is 2.44. The van der Waals surface area contributed by atoms with Crippen molar-refractivity contribution in [3.63, 3.8) is 0 Å². The fraction of sp³-hybridized carbons (Fsp3) is 0.400. The Bertz CT molecular complexity index is 515. The molecule has 1 aliphatic carbocycles. The van der Waals surface area contributed by atoms with Crippen molar-refractivity contribution in [1.29, 1.82) is 0 Å². The molecule has 1 saturated carbocycles. The van der Waals surface area contributed by atoms with Crippen LogP contribution in [0.5, 0.6) is 5.75 Å². The molecule has 0 unspecified atom stereocenters. The third-order valence-corrected chi connectivity index (χ3v) is 2.80. The molecule has 2 N–H and O–H groups in total. The second-order valence-corrected chi connectivity index (χ2v) is 3.86. The molecule has 0 saturated heterocycles. The standard InChI is InChI=1S/C10H12N4O/c1-15-8-4-9-12-13-10(11)14(9)5-7(8)6-2-3-6/h4-6H,2-3H2,1H3,(H2,11,13). The van der Waals surface area contributed by atoms with Crippen LogP contribution in [0, 0.1) is 0 Å². The van der Waals surface area contributed by atoms with Crippen molar-refractivity contribution in [1.82, 2.24) is 14.6 Å². The zero-order valence-electron chi connectivity index (χ0n) is 8.47. The SMILES string of the molecule is COc1cc2nnc(N)n2cc1C1CC1. The molecule has 1 fully saturated rings. The second kappa shape index (κ2) is 2.85. The summed E-state index contributed by atoms with van der Waals surface area (Å²) in [6.07, 6.45) is 4.44. The van der Waals surface area contributed by atoms with Gasteiger partial charge in [0.2, 0.25) is 5.95 Å². The first-order chi connectivity index (χ1) is 7.29. The van der Waals surface area contributed by atoms with Gasteiger partial charge < -0.3 is 10.5 Å². The summed E-state index contributed by atoms with van der Waals surface area (Å²) < 4.78 is 7.14. The number of nitrogens with two attached hydrogens (primary N) is 1. The summed E-state index contributed by atoms with van der Waals surface area (Å²) in [5.41, 5.74) is 7.64. The number of hydrogen-bond acceptors (Lipinski definition) is 4. The van der Waals surface area contributed by atoms with Crippen LogP contribution in [0.1, 0.15) is 24.3 Å². The maximum absolute atomic E-state index is 5.71. The van der Waals surface area contributed by atoms with E-state index in [9.17, 15) is 0 Å². The lowest BCUT2D eigenvalue weighted by atomic mass is 10.1. The van der Waals surface area contributed by atoms with Crippen molar-refractivity contribution in [2.75, 3.05) is 12.8 Å². The Kier molecular flexibility index (Phi) is 1.62. The monoisotopic (exact) mass is 204 g/mol. The van der Waals surface area contributed by atoms with Crippen LogP contribution in [0.4, 0.5) is 5.95 Å². The number of anilines is 1. The van der Waals surface area contributed by atoms with Crippen LogP contribution in [-0.4, -0.2) is 21.7 Å². The Morgan fingerprint density at radius 2 is 2.27 bits per heavy atom. The first kappa shape index (κ1) is 8.52. The highest BCUT2D eigenvalue weighted by atomic mass is 16.5. The Morgan fingerprint density at radius 3 is 2.93 bits per heavy atom. The van der Waals surface area contributed by atoms with Crippen LogP contribution in [0.3, 0.4) is 0 Å². The van der Waals surface area contributed by atoms with Crippen molar-refractivity contribution in [3.8, 4) is 5.75 Å². The number of methoxy groups -OCH3 is 1. The first-order valence-electron chi connectivity index (χ1n) is 4.97. The molecule has 2 aromatic heterocycles. The van der Waals surface area contributed by atoms with Gasteiger partial charge in [-0.2, -0.15) is 0 Å². The van der Waals surface area contributed by atoms with E-state index in [2.05, 4.69) is 10.2 Å². The van der Waals surface area contributed by atoms with Gasteiger partial charge >= 0.3 is 0 Å². The molecular weight excluding hydrogens is 192 g/mol. The van der Waals surface area contributed by atoms with Gasteiger partial charge in [-0.25, -0.2) is 0 Å². The molecule has 3 rings (SSSR count). The van der Waals surface area contributed by atoms with Crippen molar-refractivity contribution in [3.05, 3.63) is 17.8 Å². The van der Waals surface area contributed by atoms with E-state index in [-0.39, 0.29) is 0 Å². The van der Waals surface area contributed by atoms with E-state index in [1.807, 2.05) is 12.3 Å². The third-order valence-electron chi connectivity index (χ3n) is 2.80. The fourth-order valence-electron chi connectivity index (χ4n) is 1.83. The molecule has 0 amide bonds. The average molecular weight is 204 g/mol. The summed E-state index contributed by atoms with van der Waals surface area (Å²) in [6, 6.07) is 1.89. The Labute approximate surface area is 86.9 Å². The van der Waals surface area contributed by atoms with Crippen molar-refractivity contribution in [2.45, 2.75) is 18.8 Å². The number of fused-ring (bicyclic) bond motifs is 1. The largest absolute Gasteiger partial charge is 0.496 e. The second-order valence-electron chi connectivity index (χ2n) is 3.86. The maximum Gasteiger partial charge on any atom is 0.226 e. The maximum atomic E-state index is 5.71. The molecule has 0 atom stereocenters. The zero-order valence-corrected chi connectivity index (χ0v) is 8.47. The van der Waals surface area contributed by atoms with Crippen molar-refractivity contribution < 1.29 is 4.74 Å². The van der Waals surface area contributed by atoms with Gasteiger partial charge in [0, 0.05) is 17.8 Å². The van der Waals surface area contributed by atoms with Crippen molar-refractivity contribution in [2.24, 2.45) is 0 Å². The molecule has 0 spiro atoms. The molecule has 0 aromatic carbocycles. The third kappa shape index (κ3) is 1.23. The van der Waals surface area contributed by atoms with Gasteiger partial charge in [-0.1, -0.05) is 0 Å². The molecule has 0 aliphatic heterocycles. The molecule has 0 bridgehead atoms. The summed E-state index contributed by atoms with van der Waals surface area (Å²) in [7, 11) is 1.68. The molecule has 5 nitrogen and oxygen atoms in total. The van der Waals surface area contributed by atoms with Crippen LogP contribution in [0.2, 0.25) is 0 Å². The number of nitrogens with zero attached hydrogens (tertiary/aromatic N) is 3. The van der Waals surface area contributed by atoms with Gasteiger partial charge in [0.05, 0.1) is 7.11 Å². The van der Waals surface area contributed by atoms with E-state index in [1.165, 1.54) is 18.4 Å². The minimum Gasteiger partial charge on any atom is -0.496 e. The first-order valence-corrected chi connectivity index (χ1v) is 4.97. The minimum atomic E-state index is 0.426. The lowest BCUT2D eigenvalue weighted by Gasteiger charge is -2.07. The van der Waals surface area contributed by atoms with Gasteiger partial charge in [0.15, 0.2) is 5.65 Å². The number of ether oxygens (including phenoxy) is 1. The van der Waals surface area contributed by atoms with E-state index < -0.39 is 0 Å². The quantitative estimate of drug-likeness (QED) is 0.798. The van der Waals surface area contributed by atoms with Crippen LogP contribution in [0.25, 0.3) is 5.65 Å². The molecule has 15 heavy (non-hydrogen) atoms. The average Bonchev–Trinajstić information content (AvgIpc) is 3.04. The van der Waals surface area contributed by atoms with Crippen LogP contribution >= 0.6 is 0 Å². The van der Waals surface area contributed by atoms with E-state index in [4.69, 9.17) is 10.5 Å². The van der Waals surface area contributed by atoms with Gasteiger partial charge in [0.25, 0.3) is 0 Å². The number of nitrogen functional groups attached to an aromatic ring is 1. The predicted molar refractivity (Wildman–Crippen MR) is 55.9 cm³/mol. The summed E-state index contributed by atoms with van der Waals surface area (Å²) in [4.78, 5) is 0. The van der Waals surface area contributed by atoms with E-state index in [1.54, 1.807) is 11.5 Å². The molecule has 5 heteroatoms. The molecule has 78 valence electrons. The fourth-order valence-corrected chi connectivity index (χ4v) is 1.83. The normalized spacial score (nSPS) is 15.8. The Hall–Kier alpha value is -1.78. The van der Waals surface area contributed by atoms with Gasteiger partial charge in [0.1, 0.15) is 5.75 Å². The van der Waals surface area contributed by atoms with E-state index in [0.717, 1.165) is 11.4 Å². The summed E-state index contributed by atoms with van der Waals surface area (Å²) in [5.74, 6) is 1.93. The molecule has 1 aliphatic rings. The number of aromatic nitrogens is 3. The number of hydrogen-bond donors (Lipinski definition) is 1.